The summed E-state index contributed by atoms with van der Waals surface area (Å²) in [5.74, 6) is 0. The van der Waals surface area contributed by atoms with Gasteiger partial charge in [0.25, 0.3) is 6.02 Å². The van der Waals surface area contributed by atoms with Crippen LogP contribution in [0.3, 0.4) is 0 Å². The fourth-order valence-electron chi connectivity index (χ4n) is 1.53. The molecule has 0 bridgehead atoms. The number of nitrogens with zero attached hydrogens (tertiary/aromatic N) is 2. The van der Waals surface area contributed by atoms with Crippen molar-refractivity contribution in [1.29, 1.82) is 0 Å². The maximum absolute atomic E-state index is 12.9. The molecule has 1 aliphatic heterocycles. The largest absolute Gasteiger partial charge is 0.488 e. The number of hydrogen-bond acceptors (Lipinski definition) is 3. The Balaban J connectivity index is 2.17. The Morgan fingerprint density at radius 3 is 2.44 bits per heavy atom. The molecule has 0 saturated carbocycles. The number of halogens is 4. The van der Waals surface area contributed by atoms with Gasteiger partial charge < -0.3 is 4.74 Å². The lowest BCUT2D eigenvalue weighted by atomic mass is 10.2. The number of amidine groups is 1. The van der Waals surface area contributed by atoms with Gasteiger partial charge in [-0.15, -0.1) is 13.2 Å². The molecule has 0 spiro atoms. The molecule has 0 aliphatic carbocycles. The van der Waals surface area contributed by atoms with Gasteiger partial charge in [0.2, 0.25) is 0 Å². The summed E-state index contributed by atoms with van der Waals surface area (Å²) in [5, 5.41) is 0.478. The van der Waals surface area contributed by atoms with E-state index >= 15 is 0 Å². The van der Waals surface area contributed by atoms with Crippen molar-refractivity contribution in [3.63, 3.8) is 0 Å². The van der Waals surface area contributed by atoms with E-state index in [4.69, 9.17) is 16.3 Å². The molecular formula is C11H10ClF3N2O. The Morgan fingerprint density at radius 2 is 1.94 bits per heavy atom. The van der Waals surface area contributed by atoms with Gasteiger partial charge in [-0.3, -0.25) is 0 Å². The Morgan fingerprint density at radius 1 is 1.28 bits per heavy atom. The zero-order valence-corrected chi connectivity index (χ0v) is 10.0. The molecular weight excluding hydrogens is 269 g/mol. The summed E-state index contributed by atoms with van der Waals surface area (Å²) in [6.45, 7) is 0.0879. The molecule has 0 unspecified atom stereocenters. The van der Waals surface area contributed by atoms with Crippen LogP contribution < -0.4 is 0 Å². The van der Waals surface area contributed by atoms with E-state index in [9.17, 15) is 13.2 Å². The standard InChI is InChI=1S/C11H10ClF3N2O/c12-9-3-1-8(2-4-9)7-17(11(13,14)15)10-16-5-6-18-10/h1-4H,5-7H2. The first-order valence-electron chi connectivity index (χ1n) is 5.23. The van der Waals surface area contributed by atoms with Gasteiger partial charge in [0.1, 0.15) is 6.61 Å². The van der Waals surface area contributed by atoms with Gasteiger partial charge in [-0.25, -0.2) is 9.89 Å². The van der Waals surface area contributed by atoms with Crippen LogP contribution in [0.4, 0.5) is 13.2 Å². The Bertz CT molecular complexity index is 445. The van der Waals surface area contributed by atoms with E-state index in [0.29, 0.717) is 10.6 Å². The first kappa shape index (κ1) is 13.0. The van der Waals surface area contributed by atoms with Crippen molar-refractivity contribution in [2.75, 3.05) is 13.2 Å². The Hall–Kier alpha value is -1.43. The second kappa shape index (κ2) is 5.06. The van der Waals surface area contributed by atoms with Crippen molar-refractivity contribution in [2.45, 2.75) is 12.8 Å². The summed E-state index contributed by atoms with van der Waals surface area (Å²) >= 11 is 5.68. The maximum Gasteiger partial charge on any atom is 0.488 e. The Labute approximate surface area is 107 Å². The second-order valence-corrected chi connectivity index (χ2v) is 4.13. The van der Waals surface area contributed by atoms with Crippen LogP contribution in [0.2, 0.25) is 5.02 Å². The first-order chi connectivity index (χ1) is 8.47. The van der Waals surface area contributed by atoms with Gasteiger partial charge >= 0.3 is 6.30 Å². The number of hydrogen-bond donors (Lipinski definition) is 0. The van der Waals surface area contributed by atoms with Gasteiger partial charge in [-0.1, -0.05) is 23.7 Å². The van der Waals surface area contributed by atoms with E-state index < -0.39 is 6.30 Å². The summed E-state index contributed by atoms with van der Waals surface area (Å²) in [7, 11) is 0. The molecule has 18 heavy (non-hydrogen) atoms. The highest BCUT2D eigenvalue weighted by Crippen LogP contribution is 2.26. The van der Waals surface area contributed by atoms with E-state index in [-0.39, 0.29) is 30.6 Å². The lowest BCUT2D eigenvalue weighted by Crippen LogP contribution is -2.42. The minimum Gasteiger partial charge on any atom is -0.463 e. The summed E-state index contributed by atoms with van der Waals surface area (Å²) in [6.07, 6.45) is -4.52. The number of rotatable bonds is 2. The fraction of sp³-hybridized carbons (Fsp3) is 0.364. The summed E-state index contributed by atoms with van der Waals surface area (Å²) in [5.41, 5.74) is 0.481. The van der Waals surface area contributed by atoms with Gasteiger partial charge in [0.15, 0.2) is 0 Å². The van der Waals surface area contributed by atoms with E-state index in [0.717, 1.165) is 0 Å². The summed E-state index contributed by atoms with van der Waals surface area (Å²) < 4.78 is 43.5. The van der Waals surface area contributed by atoms with Crippen molar-refractivity contribution in [3.05, 3.63) is 34.9 Å². The quantitative estimate of drug-likeness (QED) is 0.777. The third-order valence-corrected chi connectivity index (χ3v) is 2.61. The molecule has 1 heterocycles. The molecule has 1 aliphatic rings. The van der Waals surface area contributed by atoms with Gasteiger partial charge in [0.05, 0.1) is 13.1 Å². The van der Waals surface area contributed by atoms with Crippen LogP contribution in [0, 0.1) is 0 Å². The molecule has 0 radical (unpaired) electrons. The van der Waals surface area contributed by atoms with Gasteiger partial charge in [-0.2, -0.15) is 0 Å². The minimum atomic E-state index is -4.52. The van der Waals surface area contributed by atoms with Crippen molar-refractivity contribution in [3.8, 4) is 0 Å². The molecule has 3 nitrogen and oxygen atoms in total. The lowest BCUT2D eigenvalue weighted by molar-refractivity contribution is -0.226. The topological polar surface area (TPSA) is 24.8 Å². The number of aliphatic imine (C=N–C) groups is 1. The van der Waals surface area contributed by atoms with Crippen LogP contribution in [-0.2, 0) is 11.3 Å². The van der Waals surface area contributed by atoms with Crippen molar-refractivity contribution >= 4 is 17.6 Å². The zero-order valence-electron chi connectivity index (χ0n) is 9.25. The monoisotopic (exact) mass is 278 g/mol. The number of alkyl halides is 3. The van der Waals surface area contributed by atoms with Crippen molar-refractivity contribution < 1.29 is 17.9 Å². The fourth-order valence-corrected chi connectivity index (χ4v) is 1.65. The highest BCUT2D eigenvalue weighted by molar-refractivity contribution is 6.30. The number of benzene rings is 1. The van der Waals surface area contributed by atoms with Crippen molar-refractivity contribution in [1.82, 2.24) is 4.90 Å². The predicted octanol–water partition coefficient (Wildman–Crippen LogP) is 3.05. The molecule has 1 aromatic rings. The normalized spacial score (nSPS) is 15.2. The van der Waals surface area contributed by atoms with Crippen LogP contribution >= 0.6 is 11.6 Å². The molecule has 0 amide bonds. The molecule has 0 atom stereocenters. The smallest absolute Gasteiger partial charge is 0.463 e. The molecule has 0 N–H and O–H groups in total. The minimum absolute atomic E-state index is 0.183. The maximum atomic E-state index is 12.9. The van der Waals surface area contributed by atoms with E-state index in [1.807, 2.05) is 0 Å². The molecule has 7 heteroatoms. The Kier molecular flexibility index (Phi) is 3.65. The molecule has 0 aromatic heterocycles. The summed E-state index contributed by atoms with van der Waals surface area (Å²) in [6, 6.07) is 5.79. The number of ether oxygens (including phenoxy) is 1. The van der Waals surface area contributed by atoms with Crippen LogP contribution in [-0.4, -0.2) is 30.4 Å². The zero-order chi connectivity index (χ0) is 13.2. The van der Waals surface area contributed by atoms with Crippen LogP contribution in [0.1, 0.15) is 5.56 Å². The first-order valence-corrected chi connectivity index (χ1v) is 5.60. The molecule has 2 rings (SSSR count). The summed E-state index contributed by atoms with van der Waals surface area (Å²) in [4.78, 5) is 3.87. The van der Waals surface area contributed by atoms with Gasteiger partial charge in [0, 0.05) is 5.02 Å². The third kappa shape index (κ3) is 3.07. The average molecular weight is 279 g/mol. The predicted molar refractivity (Wildman–Crippen MR) is 61.3 cm³/mol. The van der Waals surface area contributed by atoms with E-state index in [1.165, 1.54) is 12.1 Å². The highest BCUT2D eigenvalue weighted by Gasteiger charge is 2.41. The molecule has 1 aromatic carbocycles. The molecule has 0 fully saturated rings. The second-order valence-electron chi connectivity index (χ2n) is 3.69. The van der Waals surface area contributed by atoms with E-state index in [1.54, 1.807) is 12.1 Å². The van der Waals surface area contributed by atoms with Crippen molar-refractivity contribution in [2.24, 2.45) is 4.99 Å². The van der Waals surface area contributed by atoms with Crippen LogP contribution in [0.15, 0.2) is 29.3 Å². The molecule has 0 saturated heterocycles. The van der Waals surface area contributed by atoms with Crippen LogP contribution in [0.5, 0.6) is 0 Å². The third-order valence-electron chi connectivity index (χ3n) is 2.36. The van der Waals surface area contributed by atoms with E-state index in [2.05, 4.69) is 4.99 Å². The molecule has 98 valence electrons. The SMILES string of the molecule is FC(F)(F)N(Cc1ccc(Cl)cc1)C1=NCCO1. The van der Waals surface area contributed by atoms with Crippen LogP contribution in [0.25, 0.3) is 0 Å². The highest BCUT2D eigenvalue weighted by atomic mass is 35.5. The van der Waals surface area contributed by atoms with Gasteiger partial charge in [-0.05, 0) is 17.7 Å². The average Bonchev–Trinajstić information content (AvgIpc) is 2.80. The lowest BCUT2D eigenvalue weighted by Gasteiger charge is -2.25.